The van der Waals surface area contributed by atoms with Crippen LogP contribution in [0, 0.1) is 17.5 Å². The molecule has 0 fully saturated rings. The van der Waals surface area contributed by atoms with Gasteiger partial charge in [0.1, 0.15) is 5.82 Å². The highest BCUT2D eigenvalue weighted by Gasteiger charge is 2.34. The number of thioether (sulfide) groups is 1. The van der Waals surface area contributed by atoms with Crippen LogP contribution in [0.4, 0.5) is 13.2 Å². The molecule has 4 aromatic rings. The molecule has 2 atom stereocenters. The van der Waals surface area contributed by atoms with E-state index >= 15 is 4.39 Å². The van der Waals surface area contributed by atoms with Crippen LogP contribution in [0.5, 0.6) is 0 Å². The van der Waals surface area contributed by atoms with Crippen molar-refractivity contribution in [3.63, 3.8) is 0 Å². The largest absolute Gasteiger partial charge is 0.329 e. The first kappa shape index (κ1) is 28.6. The van der Waals surface area contributed by atoms with Gasteiger partial charge in [0.05, 0.1) is 6.04 Å². The van der Waals surface area contributed by atoms with Crippen molar-refractivity contribution in [1.29, 1.82) is 0 Å². The number of halogens is 3. The molecule has 0 radical (unpaired) electrons. The first-order valence-corrected chi connectivity index (χ1v) is 13.4. The quantitative estimate of drug-likeness (QED) is 0.219. The summed E-state index contributed by atoms with van der Waals surface area (Å²) in [6.45, 7) is 7.04. The van der Waals surface area contributed by atoms with Gasteiger partial charge < -0.3 is 4.90 Å². The molecule has 5 rings (SSSR count). The molecule has 3 heterocycles. The predicted octanol–water partition coefficient (Wildman–Crippen LogP) is 6.97. The second-order valence-corrected chi connectivity index (χ2v) is 9.71. The summed E-state index contributed by atoms with van der Waals surface area (Å²) >= 11 is 1.61. The zero-order valence-electron chi connectivity index (χ0n) is 21.5. The molecular weight excluding hydrogens is 533 g/mol. The molecule has 0 aliphatic carbocycles. The minimum absolute atomic E-state index is 0.129. The van der Waals surface area contributed by atoms with E-state index in [0.29, 0.717) is 23.4 Å². The minimum Gasteiger partial charge on any atom is -0.329 e. The second-order valence-electron chi connectivity index (χ2n) is 8.78. The van der Waals surface area contributed by atoms with Crippen LogP contribution in [-0.2, 0) is 11.3 Å². The predicted molar refractivity (Wildman–Crippen MR) is 153 cm³/mol. The molecule has 0 bridgehead atoms. The van der Waals surface area contributed by atoms with E-state index in [2.05, 4.69) is 23.2 Å². The first-order valence-electron chi connectivity index (χ1n) is 12.4. The molecule has 9 heteroatoms. The van der Waals surface area contributed by atoms with Crippen molar-refractivity contribution < 1.29 is 18.0 Å². The Morgan fingerprint density at radius 2 is 1.70 bits per heavy atom. The Kier molecular flexibility index (Phi) is 9.75. The van der Waals surface area contributed by atoms with Crippen LogP contribution in [0.15, 0.2) is 116 Å². The van der Waals surface area contributed by atoms with Crippen LogP contribution >= 0.6 is 11.8 Å². The second kappa shape index (κ2) is 13.6. The molecule has 2 aromatic carbocycles. The summed E-state index contributed by atoms with van der Waals surface area (Å²) < 4.78 is 44.1. The summed E-state index contributed by atoms with van der Waals surface area (Å²) in [6.07, 6.45) is 11.7. The average molecular weight is 561 g/mol. The van der Waals surface area contributed by atoms with Gasteiger partial charge in [-0.2, -0.15) is 5.10 Å². The van der Waals surface area contributed by atoms with Crippen LogP contribution in [-0.4, -0.2) is 37.4 Å². The van der Waals surface area contributed by atoms with Crippen molar-refractivity contribution in [2.75, 3.05) is 5.75 Å². The Morgan fingerprint density at radius 1 is 1.00 bits per heavy atom. The smallest absolute Gasteiger partial charge is 0.252 e. The topological polar surface area (TPSA) is 51.0 Å². The van der Waals surface area contributed by atoms with E-state index in [0.717, 1.165) is 17.7 Å². The summed E-state index contributed by atoms with van der Waals surface area (Å²) in [5, 5.41) is 6.21. The number of rotatable bonds is 8. The number of aromatic nitrogens is 3. The molecule has 1 amide bonds. The number of nitrogens with zero attached hydrogens (tertiary/aromatic N) is 4. The van der Waals surface area contributed by atoms with Crippen molar-refractivity contribution in [2.45, 2.75) is 18.6 Å². The van der Waals surface area contributed by atoms with Gasteiger partial charge in [-0.05, 0) is 58.5 Å². The Labute approximate surface area is 235 Å². The van der Waals surface area contributed by atoms with Gasteiger partial charge in [-0.3, -0.25) is 14.5 Å². The van der Waals surface area contributed by atoms with Crippen molar-refractivity contribution in [1.82, 2.24) is 19.7 Å². The van der Waals surface area contributed by atoms with Gasteiger partial charge in [-0.25, -0.2) is 13.2 Å². The molecular formula is C31H27F3N4OS. The summed E-state index contributed by atoms with van der Waals surface area (Å²) in [5.41, 5.74) is 1.72. The van der Waals surface area contributed by atoms with Crippen LogP contribution < -0.4 is 0 Å². The Morgan fingerprint density at radius 3 is 2.27 bits per heavy atom. The number of amides is 1. The molecule has 0 N–H and O–H groups in total. The number of allylic oxidation sites excluding steroid dienone is 2. The number of hydrogen-bond donors (Lipinski definition) is 0. The highest BCUT2D eigenvalue weighted by Crippen LogP contribution is 2.31. The molecule has 2 unspecified atom stereocenters. The Hall–Kier alpha value is -4.37. The van der Waals surface area contributed by atoms with Crippen molar-refractivity contribution in [2.24, 2.45) is 0 Å². The summed E-state index contributed by atoms with van der Waals surface area (Å²) in [4.78, 5) is 19.8. The van der Waals surface area contributed by atoms with Gasteiger partial charge in [-0.1, -0.05) is 49.6 Å². The standard InChI is InChI=1S/C27H21F3N4OS.C4H6/c28-23-5-3-20(15-25(23)30)19-2-4-22(24(29)14-19)26(34-12-1-9-32-34)27(35)33(21-8-13-36-17-21)16-18-6-10-31-11-7-18;1-3-4-2/h1-15,21,26H,16-17H2;3-4H,1-2H2. The van der Waals surface area contributed by atoms with Gasteiger partial charge in [0.2, 0.25) is 0 Å². The lowest BCUT2D eigenvalue weighted by atomic mass is 9.98. The van der Waals surface area contributed by atoms with E-state index in [1.54, 1.807) is 59.5 Å². The van der Waals surface area contributed by atoms with Crippen LogP contribution in [0.2, 0.25) is 0 Å². The van der Waals surface area contributed by atoms with E-state index in [-0.39, 0.29) is 17.5 Å². The van der Waals surface area contributed by atoms with Crippen molar-refractivity contribution >= 4 is 17.7 Å². The van der Waals surface area contributed by atoms with E-state index in [9.17, 15) is 13.6 Å². The highest BCUT2D eigenvalue weighted by atomic mass is 32.2. The number of benzene rings is 2. The maximum Gasteiger partial charge on any atom is 0.252 e. The van der Waals surface area contributed by atoms with E-state index in [1.807, 2.05) is 23.6 Å². The van der Waals surface area contributed by atoms with Crippen LogP contribution in [0.1, 0.15) is 17.2 Å². The molecule has 1 aliphatic heterocycles. The van der Waals surface area contributed by atoms with E-state index < -0.39 is 23.5 Å². The number of carbonyl (C=O) groups is 1. The third-order valence-electron chi connectivity index (χ3n) is 6.19. The molecule has 2 aromatic heterocycles. The van der Waals surface area contributed by atoms with E-state index in [1.165, 1.54) is 29.1 Å². The maximum atomic E-state index is 15.6. The summed E-state index contributed by atoms with van der Waals surface area (Å²) in [5.74, 6) is -2.26. The molecule has 0 spiro atoms. The third kappa shape index (κ3) is 6.79. The Balaban J connectivity index is 0.000000867. The van der Waals surface area contributed by atoms with Crippen molar-refractivity contribution in [3.8, 4) is 11.1 Å². The lowest BCUT2D eigenvalue weighted by Crippen LogP contribution is -2.44. The van der Waals surface area contributed by atoms with Gasteiger partial charge in [0, 0.05) is 42.6 Å². The Bertz CT molecular complexity index is 1490. The molecule has 0 saturated heterocycles. The zero-order chi connectivity index (χ0) is 28.5. The molecule has 5 nitrogen and oxygen atoms in total. The van der Waals surface area contributed by atoms with Gasteiger partial charge >= 0.3 is 0 Å². The zero-order valence-corrected chi connectivity index (χ0v) is 22.4. The molecule has 40 heavy (non-hydrogen) atoms. The molecule has 1 aliphatic rings. The average Bonchev–Trinajstić information content (AvgIpc) is 3.70. The molecule has 204 valence electrons. The number of carbonyl (C=O) groups excluding carboxylic acids is 1. The van der Waals surface area contributed by atoms with Crippen LogP contribution in [0.3, 0.4) is 0 Å². The van der Waals surface area contributed by atoms with Gasteiger partial charge in [0.25, 0.3) is 5.91 Å². The van der Waals surface area contributed by atoms with E-state index in [4.69, 9.17) is 0 Å². The first-order chi connectivity index (χ1) is 19.4. The SMILES string of the molecule is C=CC=C.O=C(C(c1ccc(-c2ccc(F)c(F)c2)cc1F)n1cccn1)N(Cc1ccncc1)C1C=CSC1. The molecule has 0 saturated carbocycles. The van der Waals surface area contributed by atoms with Crippen molar-refractivity contribution in [3.05, 3.63) is 145 Å². The van der Waals surface area contributed by atoms with Gasteiger partial charge in [-0.15, -0.1) is 11.8 Å². The summed E-state index contributed by atoms with van der Waals surface area (Å²) in [6, 6.07) is 11.8. The normalized spacial score (nSPS) is 14.6. The fourth-order valence-electron chi connectivity index (χ4n) is 4.18. The van der Waals surface area contributed by atoms with Crippen LogP contribution in [0.25, 0.3) is 11.1 Å². The minimum atomic E-state index is -1.06. The fourth-order valence-corrected chi connectivity index (χ4v) is 5.07. The number of pyridine rings is 1. The third-order valence-corrected chi connectivity index (χ3v) is 7.07. The van der Waals surface area contributed by atoms with Gasteiger partial charge in [0.15, 0.2) is 17.7 Å². The monoisotopic (exact) mass is 560 g/mol. The maximum absolute atomic E-state index is 15.6. The lowest BCUT2D eigenvalue weighted by molar-refractivity contribution is -0.135. The summed E-state index contributed by atoms with van der Waals surface area (Å²) in [7, 11) is 0. The highest BCUT2D eigenvalue weighted by molar-refractivity contribution is 8.02. The number of hydrogen-bond acceptors (Lipinski definition) is 4. The lowest BCUT2D eigenvalue weighted by Gasteiger charge is -2.32. The fraction of sp³-hybridized carbons (Fsp3) is 0.129.